The van der Waals surface area contributed by atoms with E-state index in [1.54, 1.807) is 7.11 Å². The first-order valence-electron chi connectivity index (χ1n) is 4.48. The highest BCUT2D eigenvalue weighted by molar-refractivity contribution is 7.80. The molecule has 1 aromatic carbocycles. The zero-order chi connectivity index (χ0) is 11.3. The van der Waals surface area contributed by atoms with Crippen molar-refractivity contribution in [2.75, 3.05) is 13.7 Å². The van der Waals surface area contributed by atoms with Gasteiger partial charge >= 0.3 is 0 Å². The van der Waals surface area contributed by atoms with Gasteiger partial charge in [-0.1, -0.05) is 12.1 Å². The third-order valence-corrected chi connectivity index (χ3v) is 2.14. The number of aliphatic hydroxyl groups is 1. The van der Waals surface area contributed by atoms with Crippen molar-refractivity contribution in [3.63, 3.8) is 0 Å². The fourth-order valence-electron chi connectivity index (χ4n) is 1.24. The van der Waals surface area contributed by atoms with Crippen LogP contribution < -0.4 is 15.8 Å². The van der Waals surface area contributed by atoms with Crippen molar-refractivity contribution in [1.82, 2.24) is 5.32 Å². The lowest BCUT2D eigenvalue weighted by atomic mass is 10.1. The molecule has 0 aliphatic rings. The van der Waals surface area contributed by atoms with Crippen molar-refractivity contribution in [2.24, 2.45) is 5.73 Å². The predicted molar refractivity (Wildman–Crippen MR) is 62.7 cm³/mol. The summed E-state index contributed by atoms with van der Waals surface area (Å²) in [6.45, 7) is -0.0658. The predicted octanol–water partition coefficient (Wildman–Crippen LogP) is 0.562. The summed E-state index contributed by atoms with van der Waals surface area (Å²) in [5, 5.41) is 12.1. The van der Waals surface area contributed by atoms with Gasteiger partial charge in [0, 0.05) is 0 Å². The Hall–Kier alpha value is -1.33. The molecule has 1 aromatic rings. The zero-order valence-electron chi connectivity index (χ0n) is 8.43. The average Bonchev–Trinajstić information content (AvgIpc) is 2.26. The fourth-order valence-corrected chi connectivity index (χ4v) is 1.38. The van der Waals surface area contributed by atoms with Crippen LogP contribution in [0.4, 0.5) is 0 Å². The van der Waals surface area contributed by atoms with Crippen molar-refractivity contribution >= 4 is 17.3 Å². The molecule has 0 fully saturated rings. The molecule has 15 heavy (non-hydrogen) atoms. The highest BCUT2D eigenvalue weighted by Crippen LogP contribution is 2.17. The molecule has 0 aliphatic carbocycles. The molecule has 4 nitrogen and oxygen atoms in total. The first kappa shape index (κ1) is 11.7. The summed E-state index contributed by atoms with van der Waals surface area (Å²) in [6.07, 6.45) is 0. The quantitative estimate of drug-likeness (QED) is 0.655. The number of hydrogen-bond donors (Lipinski definition) is 3. The molecule has 0 amide bonds. The van der Waals surface area contributed by atoms with E-state index in [-0.39, 0.29) is 17.8 Å². The molecule has 0 radical (unpaired) electrons. The molecule has 0 aromatic heterocycles. The summed E-state index contributed by atoms with van der Waals surface area (Å²) in [5.41, 5.74) is 6.26. The van der Waals surface area contributed by atoms with Crippen LogP contribution in [0, 0.1) is 0 Å². The summed E-state index contributed by atoms with van der Waals surface area (Å²) in [5.74, 6) is 0.769. The second-order valence-electron chi connectivity index (χ2n) is 3.02. The van der Waals surface area contributed by atoms with Gasteiger partial charge in [-0.3, -0.25) is 0 Å². The lowest BCUT2D eigenvalue weighted by molar-refractivity contribution is 0.258. The van der Waals surface area contributed by atoms with Crippen molar-refractivity contribution in [2.45, 2.75) is 6.04 Å². The minimum absolute atomic E-state index is 0.0658. The lowest BCUT2D eigenvalue weighted by Gasteiger charge is -2.16. The van der Waals surface area contributed by atoms with E-state index in [2.05, 4.69) is 5.32 Å². The van der Waals surface area contributed by atoms with Crippen LogP contribution in [0.2, 0.25) is 0 Å². The van der Waals surface area contributed by atoms with Gasteiger partial charge in [0.25, 0.3) is 0 Å². The van der Waals surface area contributed by atoms with Crippen LogP contribution in [-0.4, -0.2) is 23.9 Å². The first-order chi connectivity index (χ1) is 7.17. The third kappa shape index (κ3) is 3.38. The number of nitrogens with two attached hydrogens (primary N) is 1. The number of ether oxygens (including phenoxy) is 1. The van der Waals surface area contributed by atoms with Crippen LogP contribution in [0.15, 0.2) is 24.3 Å². The summed E-state index contributed by atoms with van der Waals surface area (Å²) in [4.78, 5) is 0. The van der Waals surface area contributed by atoms with Gasteiger partial charge in [-0.05, 0) is 29.9 Å². The van der Waals surface area contributed by atoms with Gasteiger partial charge in [-0.15, -0.1) is 0 Å². The summed E-state index contributed by atoms with van der Waals surface area (Å²) < 4.78 is 5.03. The Balaban J connectivity index is 2.78. The topological polar surface area (TPSA) is 67.5 Å². The maximum atomic E-state index is 9.15. The Bertz CT molecular complexity index is 327. The monoisotopic (exact) mass is 226 g/mol. The van der Waals surface area contributed by atoms with E-state index in [4.69, 9.17) is 27.8 Å². The van der Waals surface area contributed by atoms with Crippen molar-refractivity contribution < 1.29 is 9.84 Å². The van der Waals surface area contributed by atoms with Crippen LogP contribution in [0.1, 0.15) is 11.6 Å². The Morgan fingerprint density at radius 3 is 2.53 bits per heavy atom. The summed E-state index contributed by atoms with van der Waals surface area (Å²) in [6, 6.07) is 7.07. The van der Waals surface area contributed by atoms with E-state index in [0.29, 0.717) is 0 Å². The molecule has 1 rings (SSSR count). The molecule has 5 heteroatoms. The van der Waals surface area contributed by atoms with Gasteiger partial charge in [0.05, 0.1) is 19.8 Å². The number of rotatable bonds is 4. The van der Waals surface area contributed by atoms with E-state index in [1.807, 2.05) is 24.3 Å². The fraction of sp³-hybridized carbons (Fsp3) is 0.300. The summed E-state index contributed by atoms with van der Waals surface area (Å²) >= 11 is 4.72. The number of thiocarbonyl (C=S) groups is 1. The molecule has 0 unspecified atom stereocenters. The molecular formula is C10H14N2O2S. The number of nitrogens with one attached hydrogen (secondary N) is 1. The largest absolute Gasteiger partial charge is 0.497 e. The molecular weight excluding hydrogens is 212 g/mol. The maximum absolute atomic E-state index is 9.15. The van der Waals surface area contributed by atoms with Crippen LogP contribution in [0.5, 0.6) is 5.75 Å². The van der Waals surface area contributed by atoms with E-state index >= 15 is 0 Å². The molecule has 0 heterocycles. The number of hydrogen-bond acceptors (Lipinski definition) is 3. The van der Waals surface area contributed by atoms with Gasteiger partial charge in [0.15, 0.2) is 5.11 Å². The molecule has 0 aliphatic heterocycles. The number of benzene rings is 1. The Labute approximate surface area is 94.0 Å². The van der Waals surface area contributed by atoms with Gasteiger partial charge in [-0.25, -0.2) is 0 Å². The molecule has 1 atom stereocenters. The molecule has 4 N–H and O–H groups in total. The normalized spacial score (nSPS) is 11.9. The van der Waals surface area contributed by atoms with Crippen molar-refractivity contribution in [1.29, 1.82) is 0 Å². The second-order valence-corrected chi connectivity index (χ2v) is 3.46. The minimum Gasteiger partial charge on any atom is -0.497 e. The smallest absolute Gasteiger partial charge is 0.164 e. The molecule has 0 saturated carbocycles. The van der Waals surface area contributed by atoms with Gasteiger partial charge < -0.3 is 20.9 Å². The standard InChI is InChI=1S/C10H14N2O2S/c1-14-8-4-2-7(3-5-8)9(6-13)12-10(11)15/h2-5,9,13H,6H2,1H3,(H3,11,12,15)/t9-/m0/s1. The second kappa shape index (κ2) is 5.53. The van der Waals surface area contributed by atoms with E-state index < -0.39 is 0 Å². The maximum Gasteiger partial charge on any atom is 0.164 e. The van der Waals surface area contributed by atoms with E-state index in [9.17, 15) is 0 Å². The van der Waals surface area contributed by atoms with Crippen LogP contribution >= 0.6 is 12.2 Å². The van der Waals surface area contributed by atoms with Crippen LogP contribution in [0.25, 0.3) is 0 Å². The Morgan fingerprint density at radius 1 is 1.53 bits per heavy atom. The summed E-state index contributed by atoms with van der Waals surface area (Å²) in [7, 11) is 1.60. The van der Waals surface area contributed by atoms with Gasteiger partial charge in [-0.2, -0.15) is 0 Å². The first-order valence-corrected chi connectivity index (χ1v) is 4.89. The highest BCUT2D eigenvalue weighted by Gasteiger charge is 2.09. The lowest BCUT2D eigenvalue weighted by Crippen LogP contribution is -2.34. The minimum atomic E-state index is -0.270. The molecule has 0 saturated heterocycles. The van der Waals surface area contributed by atoms with E-state index in [0.717, 1.165) is 11.3 Å². The van der Waals surface area contributed by atoms with Crippen LogP contribution in [-0.2, 0) is 0 Å². The van der Waals surface area contributed by atoms with Crippen molar-refractivity contribution in [3.05, 3.63) is 29.8 Å². The van der Waals surface area contributed by atoms with E-state index in [1.165, 1.54) is 0 Å². The molecule has 0 bridgehead atoms. The SMILES string of the molecule is COc1ccc([C@H](CO)NC(N)=S)cc1. The average molecular weight is 226 g/mol. The van der Waals surface area contributed by atoms with Gasteiger partial charge in [0.2, 0.25) is 0 Å². The Kier molecular flexibility index (Phi) is 4.33. The highest BCUT2D eigenvalue weighted by atomic mass is 32.1. The third-order valence-electron chi connectivity index (χ3n) is 2.02. The van der Waals surface area contributed by atoms with Crippen LogP contribution in [0.3, 0.4) is 0 Å². The number of aliphatic hydroxyl groups excluding tert-OH is 1. The van der Waals surface area contributed by atoms with Gasteiger partial charge in [0.1, 0.15) is 5.75 Å². The zero-order valence-corrected chi connectivity index (χ0v) is 9.25. The van der Waals surface area contributed by atoms with Crippen molar-refractivity contribution in [3.8, 4) is 5.75 Å². The molecule has 0 spiro atoms. The number of methoxy groups -OCH3 is 1. The Morgan fingerprint density at radius 2 is 2.13 bits per heavy atom. The molecule has 82 valence electrons.